The lowest BCUT2D eigenvalue weighted by molar-refractivity contribution is -0.126. The SMILES string of the molecule is [C-]#[N+]C(=C1CCN(C(=O)C(=O)c2c[nH]c3c(NC(=O)Nc4ccc([N+]#[C-])cc4)cccc23)CC1)c1ccccc1. The zero-order valence-corrected chi connectivity index (χ0v) is 21.4. The summed E-state index contributed by atoms with van der Waals surface area (Å²) >= 11 is 0. The molecule has 0 radical (unpaired) electrons. The summed E-state index contributed by atoms with van der Waals surface area (Å²) in [6, 6.07) is 20.6. The minimum absolute atomic E-state index is 0.228. The number of aromatic nitrogens is 1. The van der Waals surface area contributed by atoms with E-state index in [1.807, 2.05) is 30.3 Å². The van der Waals surface area contributed by atoms with Crippen LogP contribution in [0.15, 0.2) is 84.6 Å². The number of likely N-dealkylation sites (tertiary alicyclic amines) is 1. The Morgan fingerprint density at radius 3 is 2.25 bits per heavy atom. The van der Waals surface area contributed by atoms with Gasteiger partial charge in [-0.2, -0.15) is 0 Å². The van der Waals surface area contributed by atoms with Crippen LogP contribution in [0.2, 0.25) is 0 Å². The lowest BCUT2D eigenvalue weighted by Crippen LogP contribution is -2.40. The van der Waals surface area contributed by atoms with Crippen LogP contribution in [0.5, 0.6) is 0 Å². The van der Waals surface area contributed by atoms with Gasteiger partial charge >= 0.3 is 6.03 Å². The predicted octanol–water partition coefficient (Wildman–Crippen LogP) is 6.50. The van der Waals surface area contributed by atoms with Crippen LogP contribution in [0.4, 0.5) is 21.9 Å². The summed E-state index contributed by atoms with van der Waals surface area (Å²) in [5.41, 5.74) is 4.64. The van der Waals surface area contributed by atoms with Gasteiger partial charge in [0.1, 0.15) is 0 Å². The summed E-state index contributed by atoms with van der Waals surface area (Å²) in [6.45, 7) is 15.4. The maximum atomic E-state index is 13.2. The van der Waals surface area contributed by atoms with Gasteiger partial charge in [-0.25, -0.2) is 14.5 Å². The third-order valence-electron chi connectivity index (χ3n) is 6.80. The van der Waals surface area contributed by atoms with E-state index >= 15 is 0 Å². The van der Waals surface area contributed by atoms with E-state index < -0.39 is 17.7 Å². The monoisotopic (exact) mass is 528 g/mol. The molecule has 0 saturated carbocycles. The number of anilines is 2. The molecule has 0 bridgehead atoms. The first kappa shape index (κ1) is 26.0. The normalized spacial score (nSPS) is 12.8. The van der Waals surface area contributed by atoms with Crippen LogP contribution in [0.3, 0.4) is 0 Å². The maximum Gasteiger partial charge on any atom is 0.323 e. The number of H-pyrrole nitrogens is 1. The number of ketones is 1. The lowest BCUT2D eigenvalue weighted by atomic mass is 9.97. The van der Waals surface area contributed by atoms with E-state index in [0.717, 1.165) is 11.1 Å². The number of para-hydroxylation sites is 1. The van der Waals surface area contributed by atoms with E-state index in [2.05, 4.69) is 25.3 Å². The van der Waals surface area contributed by atoms with E-state index in [1.165, 1.54) is 11.1 Å². The lowest BCUT2D eigenvalue weighted by Gasteiger charge is -2.28. The van der Waals surface area contributed by atoms with Crippen molar-refractivity contribution in [1.82, 2.24) is 9.88 Å². The summed E-state index contributed by atoms with van der Waals surface area (Å²) in [5, 5.41) is 5.99. The van der Waals surface area contributed by atoms with E-state index in [-0.39, 0.29) is 5.56 Å². The number of piperidine rings is 1. The number of aromatic amines is 1. The van der Waals surface area contributed by atoms with Crippen LogP contribution in [0.1, 0.15) is 28.8 Å². The molecular weight excluding hydrogens is 504 g/mol. The molecule has 0 unspecified atom stereocenters. The van der Waals surface area contributed by atoms with Crippen LogP contribution in [-0.4, -0.2) is 40.7 Å². The van der Waals surface area contributed by atoms with Crippen molar-refractivity contribution in [3.63, 3.8) is 0 Å². The zero-order valence-electron chi connectivity index (χ0n) is 21.4. The number of urea groups is 1. The van der Waals surface area contributed by atoms with Crippen LogP contribution in [0.25, 0.3) is 26.3 Å². The molecule has 1 saturated heterocycles. The number of Topliss-reactive ketones (excluding diaryl/α,β-unsaturated/α-hetero) is 1. The Bertz CT molecular complexity index is 1710. The van der Waals surface area contributed by atoms with Gasteiger partial charge in [0, 0.05) is 30.4 Å². The molecule has 1 aromatic heterocycles. The Kier molecular flexibility index (Phi) is 7.38. The Hall–Kier alpha value is -5.67. The fourth-order valence-electron chi connectivity index (χ4n) is 4.77. The number of nitrogens with one attached hydrogen (secondary N) is 3. The van der Waals surface area contributed by atoms with Crippen molar-refractivity contribution in [2.45, 2.75) is 12.8 Å². The minimum atomic E-state index is -0.631. The van der Waals surface area contributed by atoms with Gasteiger partial charge in [0.2, 0.25) is 0 Å². The Labute approximate surface area is 230 Å². The maximum absolute atomic E-state index is 13.2. The molecule has 1 aliphatic heterocycles. The Morgan fingerprint density at radius 2 is 1.57 bits per heavy atom. The number of rotatable bonds is 5. The molecule has 0 spiro atoms. The van der Waals surface area contributed by atoms with Gasteiger partial charge in [0.25, 0.3) is 11.7 Å². The van der Waals surface area contributed by atoms with Gasteiger partial charge in [0.05, 0.1) is 29.9 Å². The summed E-state index contributed by atoms with van der Waals surface area (Å²) < 4.78 is 0. The molecular formula is C31H24N6O3. The van der Waals surface area contributed by atoms with Gasteiger partial charge < -0.3 is 20.5 Å². The Morgan fingerprint density at radius 1 is 0.850 bits per heavy atom. The van der Waals surface area contributed by atoms with Crippen molar-refractivity contribution in [2.75, 3.05) is 23.7 Å². The number of carbonyl (C=O) groups is 3. The highest BCUT2D eigenvalue weighted by Crippen LogP contribution is 2.30. The summed E-state index contributed by atoms with van der Waals surface area (Å²) in [5.74, 6) is -1.23. The topological polar surface area (TPSA) is 103 Å². The first-order valence-electron chi connectivity index (χ1n) is 12.6. The van der Waals surface area contributed by atoms with Crippen molar-refractivity contribution >= 4 is 51.4 Å². The summed E-state index contributed by atoms with van der Waals surface area (Å²) in [4.78, 5) is 50.6. The van der Waals surface area contributed by atoms with Gasteiger partial charge in [0.15, 0.2) is 11.4 Å². The van der Waals surface area contributed by atoms with E-state index in [0.29, 0.717) is 59.6 Å². The molecule has 1 aliphatic rings. The number of fused-ring (bicyclic) bond motifs is 1. The third kappa shape index (κ3) is 5.31. The molecule has 3 aromatic carbocycles. The summed E-state index contributed by atoms with van der Waals surface area (Å²) in [6.07, 6.45) is 2.55. The number of carbonyl (C=O) groups excluding carboxylic acids is 3. The van der Waals surface area contributed by atoms with E-state index in [9.17, 15) is 14.4 Å². The molecule has 4 aromatic rings. The zero-order chi connectivity index (χ0) is 28.1. The second-order valence-corrected chi connectivity index (χ2v) is 9.22. The molecule has 9 nitrogen and oxygen atoms in total. The highest BCUT2D eigenvalue weighted by atomic mass is 16.2. The van der Waals surface area contributed by atoms with Crippen LogP contribution >= 0.6 is 0 Å². The highest BCUT2D eigenvalue weighted by Gasteiger charge is 2.29. The van der Waals surface area contributed by atoms with Crippen LogP contribution in [0, 0.1) is 13.1 Å². The number of hydrogen-bond donors (Lipinski definition) is 3. The van der Waals surface area contributed by atoms with Crippen molar-refractivity contribution < 1.29 is 14.4 Å². The van der Waals surface area contributed by atoms with Gasteiger partial charge in [-0.3, -0.25) is 9.59 Å². The number of benzene rings is 3. The molecule has 40 heavy (non-hydrogen) atoms. The predicted molar refractivity (Wildman–Crippen MR) is 154 cm³/mol. The number of hydrogen-bond acceptors (Lipinski definition) is 3. The van der Waals surface area contributed by atoms with Gasteiger partial charge in [-0.15, -0.1) is 0 Å². The highest BCUT2D eigenvalue weighted by molar-refractivity contribution is 6.45. The van der Waals surface area contributed by atoms with E-state index in [1.54, 1.807) is 42.5 Å². The fraction of sp³-hybridized carbons (Fsp3) is 0.129. The molecule has 0 atom stereocenters. The standard InChI is InChI=1S/C31H24N6O3/c1-32-22-11-13-23(14-12-22)35-31(40)36-26-10-6-9-24-25(19-34-28(24)26)29(38)30(39)37-17-15-21(16-18-37)27(33-2)20-7-4-3-5-8-20/h3-14,19,34H,15-18H2,(H2,35,36,40). The molecule has 0 aliphatic carbocycles. The molecule has 9 heteroatoms. The molecule has 196 valence electrons. The second kappa shape index (κ2) is 11.4. The van der Waals surface area contributed by atoms with Crippen molar-refractivity contribution in [3.05, 3.63) is 119 Å². The van der Waals surface area contributed by atoms with Gasteiger partial charge in [-0.05, 0) is 36.6 Å². The van der Waals surface area contributed by atoms with Crippen LogP contribution < -0.4 is 10.6 Å². The molecule has 1 fully saturated rings. The Balaban J connectivity index is 1.27. The minimum Gasteiger partial charge on any atom is -0.359 e. The largest absolute Gasteiger partial charge is 0.359 e. The number of amides is 3. The molecule has 3 N–H and O–H groups in total. The molecule has 5 rings (SSSR count). The number of nitrogens with zero attached hydrogens (tertiary/aromatic N) is 3. The van der Waals surface area contributed by atoms with E-state index in [4.69, 9.17) is 13.1 Å². The quantitative estimate of drug-likeness (QED) is 0.157. The molecule has 3 amide bonds. The average molecular weight is 529 g/mol. The second-order valence-electron chi connectivity index (χ2n) is 9.22. The van der Waals surface area contributed by atoms with Gasteiger partial charge in [-0.1, -0.05) is 60.2 Å². The first-order chi connectivity index (χ1) is 19.5. The molecule has 2 heterocycles. The van der Waals surface area contributed by atoms with Crippen molar-refractivity contribution in [2.24, 2.45) is 0 Å². The third-order valence-corrected chi connectivity index (χ3v) is 6.80. The summed E-state index contributed by atoms with van der Waals surface area (Å²) in [7, 11) is 0. The average Bonchev–Trinajstić information content (AvgIpc) is 3.43. The van der Waals surface area contributed by atoms with Crippen molar-refractivity contribution in [3.8, 4) is 0 Å². The smallest absolute Gasteiger partial charge is 0.323 e. The van der Waals surface area contributed by atoms with Crippen LogP contribution in [-0.2, 0) is 4.79 Å². The first-order valence-corrected chi connectivity index (χ1v) is 12.6. The van der Waals surface area contributed by atoms with Crippen molar-refractivity contribution in [1.29, 1.82) is 0 Å². The fourth-order valence-corrected chi connectivity index (χ4v) is 4.77.